The van der Waals surface area contributed by atoms with Crippen molar-refractivity contribution in [1.29, 1.82) is 0 Å². The molecule has 1 heterocycles. The Morgan fingerprint density at radius 2 is 2.00 bits per heavy atom. The van der Waals surface area contributed by atoms with Crippen LogP contribution in [0.4, 0.5) is 5.69 Å². The van der Waals surface area contributed by atoms with Gasteiger partial charge in [0, 0.05) is 18.8 Å². The summed E-state index contributed by atoms with van der Waals surface area (Å²) in [6.07, 6.45) is -0.0707. The first-order valence-electron chi connectivity index (χ1n) is 8.39. The Balaban J connectivity index is 1.97. The lowest BCUT2D eigenvalue weighted by atomic mass is 10.0. The molecule has 1 fully saturated rings. The molecule has 7 heteroatoms. The van der Waals surface area contributed by atoms with E-state index >= 15 is 0 Å². The first-order chi connectivity index (χ1) is 11.9. The lowest BCUT2D eigenvalue weighted by molar-refractivity contribution is -0.146. The molecule has 2 N–H and O–H groups in total. The summed E-state index contributed by atoms with van der Waals surface area (Å²) in [6, 6.07) is 7.00. The third-order valence-electron chi connectivity index (χ3n) is 4.24. The zero-order chi connectivity index (χ0) is 18.4. The second-order valence-corrected chi connectivity index (χ2v) is 6.38. The van der Waals surface area contributed by atoms with E-state index in [1.54, 1.807) is 4.90 Å². The van der Waals surface area contributed by atoms with Crippen LogP contribution >= 0.6 is 0 Å². The molecule has 0 aromatic heterocycles. The largest absolute Gasteiger partial charge is 0.469 e. The van der Waals surface area contributed by atoms with E-state index in [-0.39, 0.29) is 24.8 Å². The summed E-state index contributed by atoms with van der Waals surface area (Å²) in [5.74, 6) is -0.528. The Labute approximate surface area is 147 Å². The lowest BCUT2D eigenvalue weighted by Gasteiger charge is -2.33. The molecule has 2 rings (SSSR count). The van der Waals surface area contributed by atoms with E-state index in [4.69, 9.17) is 0 Å². The van der Waals surface area contributed by atoms with E-state index in [1.807, 2.05) is 24.3 Å². The van der Waals surface area contributed by atoms with Crippen molar-refractivity contribution >= 4 is 23.5 Å². The van der Waals surface area contributed by atoms with Crippen molar-refractivity contribution in [2.75, 3.05) is 32.1 Å². The fourth-order valence-corrected chi connectivity index (χ4v) is 2.75. The number of rotatable bonds is 6. The number of nitrogens with zero attached hydrogens (tertiary/aromatic N) is 1. The summed E-state index contributed by atoms with van der Waals surface area (Å²) in [6.45, 7) is 5.22. The highest BCUT2D eigenvalue weighted by molar-refractivity contribution is 5.93. The molecule has 136 valence electrons. The van der Waals surface area contributed by atoms with Gasteiger partial charge in [-0.15, -0.1) is 0 Å². The Kier molecular flexibility index (Phi) is 6.52. The molecular formula is C18H25N3O4. The number of nitrogens with one attached hydrogen (secondary N) is 2. The normalized spacial score (nSPS) is 17.9. The van der Waals surface area contributed by atoms with Gasteiger partial charge in [0.15, 0.2) is 0 Å². The number of carbonyl (C=O) groups excluding carboxylic acids is 3. The molecule has 0 aliphatic carbocycles. The average Bonchev–Trinajstić information content (AvgIpc) is 2.58. The van der Waals surface area contributed by atoms with Gasteiger partial charge in [0.1, 0.15) is 6.04 Å². The molecule has 1 atom stereocenters. The fourth-order valence-electron chi connectivity index (χ4n) is 2.75. The number of piperazine rings is 1. The number of hydrogen-bond donors (Lipinski definition) is 2. The first-order valence-corrected chi connectivity index (χ1v) is 8.39. The maximum absolute atomic E-state index is 12.3. The number of esters is 1. The van der Waals surface area contributed by atoms with Crippen LogP contribution < -0.4 is 10.6 Å². The van der Waals surface area contributed by atoms with E-state index < -0.39 is 12.0 Å². The topological polar surface area (TPSA) is 87.7 Å². The third-order valence-corrected chi connectivity index (χ3v) is 4.24. The van der Waals surface area contributed by atoms with Crippen molar-refractivity contribution in [2.45, 2.75) is 32.2 Å². The van der Waals surface area contributed by atoms with Gasteiger partial charge in [-0.25, -0.2) is 0 Å². The molecule has 25 heavy (non-hydrogen) atoms. The molecule has 0 spiro atoms. The maximum atomic E-state index is 12.3. The summed E-state index contributed by atoms with van der Waals surface area (Å²) in [5, 5.41) is 5.54. The summed E-state index contributed by atoms with van der Waals surface area (Å²) in [4.78, 5) is 37.5. The molecule has 0 radical (unpaired) electrons. The van der Waals surface area contributed by atoms with Crippen LogP contribution in [0.15, 0.2) is 24.3 Å². The van der Waals surface area contributed by atoms with Crippen LogP contribution in [0, 0.1) is 0 Å². The van der Waals surface area contributed by atoms with Crippen LogP contribution in [-0.2, 0) is 19.1 Å². The van der Waals surface area contributed by atoms with Crippen molar-refractivity contribution in [3.63, 3.8) is 0 Å². The predicted molar refractivity (Wildman–Crippen MR) is 94.2 cm³/mol. The maximum Gasteiger partial charge on any atom is 0.307 e. The van der Waals surface area contributed by atoms with Gasteiger partial charge in [-0.05, 0) is 23.6 Å². The van der Waals surface area contributed by atoms with Gasteiger partial charge in [-0.1, -0.05) is 26.0 Å². The van der Waals surface area contributed by atoms with Crippen LogP contribution in [0.1, 0.15) is 31.7 Å². The van der Waals surface area contributed by atoms with Crippen molar-refractivity contribution < 1.29 is 19.1 Å². The SMILES string of the molecule is COC(=O)C[C@H]1C(=O)NCCN1CC(=O)Nc1ccc(C(C)C)cc1. The van der Waals surface area contributed by atoms with Gasteiger partial charge in [0.25, 0.3) is 0 Å². The molecular weight excluding hydrogens is 322 g/mol. The van der Waals surface area contributed by atoms with Gasteiger partial charge in [0.2, 0.25) is 11.8 Å². The van der Waals surface area contributed by atoms with E-state index in [2.05, 4.69) is 29.2 Å². The van der Waals surface area contributed by atoms with Crippen molar-refractivity contribution in [3.05, 3.63) is 29.8 Å². The highest BCUT2D eigenvalue weighted by Crippen LogP contribution is 2.17. The van der Waals surface area contributed by atoms with Crippen molar-refractivity contribution in [1.82, 2.24) is 10.2 Å². The number of benzene rings is 1. The van der Waals surface area contributed by atoms with Crippen LogP contribution in [0.2, 0.25) is 0 Å². The van der Waals surface area contributed by atoms with Crippen LogP contribution in [-0.4, -0.2) is 55.5 Å². The first kappa shape index (κ1) is 18.9. The minimum absolute atomic E-state index is 0.0427. The molecule has 1 aliphatic rings. The smallest absolute Gasteiger partial charge is 0.307 e. The quantitative estimate of drug-likeness (QED) is 0.753. The Morgan fingerprint density at radius 3 is 2.60 bits per heavy atom. The summed E-state index contributed by atoms with van der Waals surface area (Å²) < 4.78 is 4.63. The predicted octanol–water partition coefficient (Wildman–Crippen LogP) is 1.11. The number of amides is 2. The Morgan fingerprint density at radius 1 is 1.32 bits per heavy atom. The molecule has 1 aromatic carbocycles. The zero-order valence-corrected chi connectivity index (χ0v) is 14.9. The van der Waals surface area contributed by atoms with E-state index in [0.29, 0.717) is 24.7 Å². The monoisotopic (exact) mass is 347 g/mol. The van der Waals surface area contributed by atoms with Gasteiger partial charge in [-0.3, -0.25) is 19.3 Å². The Bertz CT molecular complexity index is 628. The van der Waals surface area contributed by atoms with Gasteiger partial charge >= 0.3 is 5.97 Å². The number of carbonyl (C=O) groups is 3. The van der Waals surface area contributed by atoms with Gasteiger partial charge in [-0.2, -0.15) is 0 Å². The Hall–Kier alpha value is -2.41. The molecule has 2 amide bonds. The molecule has 1 saturated heterocycles. The second-order valence-electron chi connectivity index (χ2n) is 6.38. The molecule has 0 saturated carbocycles. The molecule has 0 bridgehead atoms. The molecule has 0 unspecified atom stereocenters. The molecule has 7 nitrogen and oxygen atoms in total. The van der Waals surface area contributed by atoms with Crippen LogP contribution in [0.25, 0.3) is 0 Å². The van der Waals surface area contributed by atoms with E-state index in [0.717, 1.165) is 0 Å². The molecule has 1 aromatic rings. The number of methoxy groups -OCH3 is 1. The minimum atomic E-state index is -0.685. The average molecular weight is 347 g/mol. The third kappa shape index (κ3) is 5.29. The van der Waals surface area contributed by atoms with Crippen molar-refractivity contribution in [3.8, 4) is 0 Å². The molecule has 1 aliphatic heterocycles. The fraction of sp³-hybridized carbons (Fsp3) is 0.500. The van der Waals surface area contributed by atoms with E-state index in [9.17, 15) is 14.4 Å². The van der Waals surface area contributed by atoms with Crippen LogP contribution in [0.5, 0.6) is 0 Å². The number of ether oxygens (including phenoxy) is 1. The van der Waals surface area contributed by atoms with Gasteiger partial charge in [0.05, 0.1) is 20.1 Å². The number of anilines is 1. The van der Waals surface area contributed by atoms with Crippen molar-refractivity contribution in [2.24, 2.45) is 0 Å². The van der Waals surface area contributed by atoms with Gasteiger partial charge < -0.3 is 15.4 Å². The second kappa shape index (κ2) is 8.62. The highest BCUT2D eigenvalue weighted by atomic mass is 16.5. The summed E-state index contributed by atoms with van der Waals surface area (Å²) >= 11 is 0. The number of hydrogen-bond acceptors (Lipinski definition) is 5. The zero-order valence-electron chi connectivity index (χ0n) is 14.9. The van der Waals surface area contributed by atoms with Crippen LogP contribution in [0.3, 0.4) is 0 Å². The standard InChI is InChI=1S/C18H25N3O4/c1-12(2)13-4-6-14(7-5-13)20-16(22)11-21-9-8-19-18(24)15(21)10-17(23)25-3/h4-7,12,15H,8-11H2,1-3H3,(H,19,24)(H,20,22)/t15-/m0/s1. The van der Waals surface area contributed by atoms with E-state index in [1.165, 1.54) is 12.7 Å². The summed E-state index contributed by atoms with van der Waals surface area (Å²) in [5.41, 5.74) is 1.91. The highest BCUT2D eigenvalue weighted by Gasteiger charge is 2.33. The minimum Gasteiger partial charge on any atom is -0.469 e. The summed E-state index contributed by atoms with van der Waals surface area (Å²) in [7, 11) is 1.28. The lowest BCUT2D eigenvalue weighted by Crippen LogP contribution is -2.57.